The summed E-state index contributed by atoms with van der Waals surface area (Å²) in [5.74, 6) is 0.284. The van der Waals surface area contributed by atoms with Crippen molar-refractivity contribution in [3.05, 3.63) is 57.4 Å². The normalized spacial score (nSPS) is 13.4. The summed E-state index contributed by atoms with van der Waals surface area (Å²) < 4.78 is 26.9. The number of aromatic nitrogens is 10. The number of amidine groups is 3. The molecule has 0 radical (unpaired) electrons. The number of halogens is 3. The Morgan fingerprint density at radius 1 is 0.393 bits per heavy atom. The van der Waals surface area contributed by atoms with E-state index in [4.69, 9.17) is 37.0 Å². The number of amides is 7. The lowest BCUT2D eigenvalue weighted by Gasteiger charge is -2.19. The number of aliphatic imine (C=N–C) groups is 4. The quantitative estimate of drug-likeness (QED) is 0.0280. The number of carbonyl (C=O) groups is 9. The Hall–Kier alpha value is -8.93. The average Bonchev–Trinajstić information content (AvgIpc) is 1.64. The van der Waals surface area contributed by atoms with E-state index in [1.165, 1.54) is 66.0 Å². The zero-order valence-corrected chi connectivity index (χ0v) is 83.1. The highest BCUT2D eigenvalue weighted by molar-refractivity contribution is 14.1. The molecule has 37 nitrogen and oxygen atoms in total. The van der Waals surface area contributed by atoms with E-state index in [0.717, 1.165) is 65.7 Å². The maximum Gasteiger partial charge on any atom is 0.413 e. The first-order valence-electron chi connectivity index (χ1n) is 37.5. The Morgan fingerprint density at radius 2 is 0.705 bits per heavy atom. The second-order valence-corrected chi connectivity index (χ2v) is 44.3. The monoisotopic (exact) mass is 2040 g/mol. The van der Waals surface area contributed by atoms with Crippen molar-refractivity contribution in [2.24, 2.45) is 52.8 Å². The van der Waals surface area contributed by atoms with Gasteiger partial charge in [0, 0.05) is 27.1 Å². The van der Waals surface area contributed by atoms with Gasteiger partial charge in [0.15, 0.2) is 48.6 Å². The molecule has 122 heavy (non-hydrogen) atoms. The topological polar surface area (TPSA) is 494 Å². The number of thiazole rings is 6. The first-order chi connectivity index (χ1) is 55.3. The molecule has 12 rings (SSSR count). The van der Waals surface area contributed by atoms with Crippen molar-refractivity contribution in [3.63, 3.8) is 0 Å². The molecule has 46 heteroatoms. The Labute approximate surface area is 764 Å². The summed E-state index contributed by atoms with van der Waals surface area (Å²) in [6.07, 6.45) is -1.08. The lowest BCUT2D eigenvalue weighted by atomic mass is 9.96. The number of hydrogen-bond donors (Lipinski definition) is 9. The molecule has 664 valence electrons. The number of fused-ring (bicyclic) bond motifs is 6. The van der Waals surface area contributed by atoms with Gasteiger partial charge in [0.25, 0.3) is 0 Å². The highest BCUT2D eigenvalue weighted by atomic mass is 127. The van der Waals surface area contributed by atoms with E-state index in [9.17, 15) is 43.2 Å². The molecule has 0 spiro atoms. The van der Waals surface area contributed by atoms with E-state index in [1.807, 2.05) is 104 Å². The Bertz CT molecular complexity index is 5350. The molecule has 11 N–H and O–H groups in total. The number of ether oxygens (including phenoxy) is 4. The minimum atomic E-state index is -0.611. The lowest BCUT2D eigenvalue weighted by Crippen LogP contribution is -2.36. The van der Waals surface area contributed by atoms with Gasteiger partial charge in [-0.1, -0.05) is 167 Å². The van der Waals surface area contributed by atoms with Crippen LogP contribution in [-0.4, -0.2) is 147 Å². The number of hydrogen-bond acceptors (Lipinski definition) is 33. The van der Waals surface area contributed by atoms with Gasteiger partial charge in [-0.05, 0) is 133 Å². The van der Waals surface area contributed by atoms with Crippen LogP contribution in [0.25, 0.3) is 25.5 Å². The molecule has 0 unspecified atom stereocenters. The highest BCUT2D eigenvalue weighted by Crippen LogP contribution is 2.38. The van der Waals surface area contributed by atoms with Crippen LogP contribution in [0.15, 0.2) is 20.0 Å². The number of anilines is 6. The second kappa shape index (κ2) is 39.9. The van der Waals surface area contributed by atoms with Crippen molar-refractivity contribution in [1.29, 1.82) is 0 Å². The van der Waals surface area contributed by atoms with Crippen molar-refractivity contribution in [2.75, 3.05) is 32.3 Å². The Morgan fingerprint density at radius 3 is 1.07 bits per heavy atom. The van der Waals surface area contributed by atoms with E-state index in [2.05, 4.69) is 147 Å². The maximum absolute atomic E-state index is 12.1. The summed E-state index contributed by atoms with van der Waals surface area (Å²) in [5.41, 5.74) is 10.9. The van der Waals surface area contributed by atoms with Gasteiger partial charge in [-0.3, -0.25) is 59.4 Å². The molecule has 0 saturated heterocycles. The van der Waals surface area contributed by atoms with Gasteiger partial charge < -0.3 is 61.8 Å². The molecule has 12 heterocycles. The van der Waals surface area contributed by atoms with E-state index >= 15 is 0 Å². The van der Waals surface area contributed by atoms with Crippen LogP contribution in [0.5, 0.6) is 0 Å². The number of carbonyl (C=O) groups excluding carboxylic acids is 9. The highest BCUT2D eigenvalue weighted by Gasteiger charge is 2.34. The van der Waals surface area contributed by atoms with Crippen LogP contribution in [0.2, 0.25) is 0 Å². The van der Waals surface area contributed by atoms with Gasteiger partial charge in [-0.15, -0.1) is 23.7 Å². The van der Waals surface area contributed by atoms with Crippen LogP contribution in [0.3, 0.4) is 0 Å². The zero-order valence-electron chi connectivity index (χ0n) is 73.0. The van der Waals surface area contributed by atoms with E-state index < -0.39 is 67.6 Å². The predicted molar refractivity (Wildman–Crippen MR) is 500 cm³/mol. The zero-order chi connectivity index (χ0) is 91.2. The Kier molecular flexibility index (Phi) is 33.3. The minimum Gasteiger partial charge on any atom is -0.459 e. The standard InChI is InChI=1S/C16H21N5O3S.C15H21IN4O3S.C15H22N4O3S.C10H12IN3OS.C10H14N4O2S.C10H14N4OS.ClH/c1-15(2,3)13(23)19-14-18-12-10(25-14)11(17-7)20-21(12)8-9(22)24-16(4,5)6;1-14(2,3)12(22)18-13-17-11-9(24-13)10(16)19-20(11)7-8(21)23-15(4,5)6;1-14(2,3)11(20)19-12-17-8-7-16-10(9(8)23-12)18-13(21)22-15(4,5)6;1-10(2,3)8(15)14-9-13-5-4-12-7(11)6(5)16-9;1-10(2,3)16-9(15)14-7-6-5(4-12-7)13-8(11)17-6;1-10(2,3)8(15)14-9-13-5-4-12-7(11)6(5)16-9;/h8H2,1-6H3,(H,18,19,23);7H2,1-6H3,(H,17,18,22);7H2,1-6H3,(H,16,18,21)(H,17,19,20);4H2,1-3H3,(H,13,14,15);4H2,1-3H3,(H2,11,13)(H,12,14,15);4H2,1-3H3,(H2,11,12)(H,13,14,15);1H. The van der Waals surface area contributed by atoms with E-state index in [1.54, 1.807) is 83.1 Å². The largest absolute Gasteiger partial charge is 0.459 e. The minimum absolute atomic E-state index is 0. The van der Waals surface area contributed by atoms with Gasteiger partial charge >= 0.3 is 29.9 Å². The smallest absolute Gasteiger partial charge is 0.413 e. The maximum atomic E-state index is 12.1. The number of nitrogens with two attached hydrogens (primary N) is 2. The van der Waals surface area contributed by atoms with Crippen molar-refractivity contribution < 1.29 is 62.1 Å². The molecule has 7 amide bonds. The number of nitrogen functional groups attached to an aromatic ring is 1. The third-order valence-electron chi connectivity index (χ3n) is 15.0. The fourth-order valence-corrected chi connectivity index (χ4v) is 16.0. The van der Waals surface area contributed by atoms with Crippen LogP contribution < -0.4 is 48.7 Å². The molecule has 8 aromatic heterocycles. The van der Waals surface area contributed by atoms with E-state index in [-0.39, 0.29) is 66.8 Å². The summed E-state index contributed by atoms with van der Waals surface area (Å²) in [6.45, 7) is 58.2. The van der Waals surface area contributed by atoms with Crippen molar-refractivity contribution in [1.82, 2.24) is 60.1 Å². The SMILES string of the molecule is CC(C)(C)C(=O)Nc1nc2c(s1)C(I)=NC2.CC(C)(C)C(=O)Nc1nc2c(s1)C(N)=NC2.CC(C)(C)OC(=O)Cn1nc(I)c2sc(NC(=O)C(C)(C)C)nc21.CC(C)(C)OC(=O)NC1=NCc2nc(N)sc21.CC(C)(C)OC(=O)NC1=NCc2nc(NC(=O)C(C)(C)C)sc21.Cl.[C-]#[N+]c1nn(CC(=O)OC(C)(C)C)c2nc(NC(=O)C(C)(C)C)sc12. The van der Waals surface area contributed by atoms with Gasteiger partial charge in [-0.2, -0.15) is 19.7 Å². The molecule has 0 fully saturated rings. The molecular formula is C76H105ClI2N24O13S6. The fraction of sp³-hybridized carbons (Fsp3) is 0.553. The third-order valence-corrected chi connectivity index (χ3v) is 23.3. The van der Waals surface area contributed by atoms with Gasteiger partial charge in [-0.25, -0.2) is 39.0 Å². The van der Waals surface area contributed by atoms with Crippen molar-refractivity contribution >= 4 is 258 Å². The predicted octanol–water partition coefficient (Wildman–Crippen LogP) is 15.8. The molecule has 4 aliphatic rings. The summed E-state index contributed by atoms with van der Waals surface area (Å²) in [5, 5.41) is 30.8. The van der Waals surface area contributed by atoms with Gasteiger partial charge in [0.2, 0.25) is 29.5 Å². The van der Waals surface area contributed by atoms with Crippen LogP contribution in [-0.2, 0) is 91.8 Å². The fourth-order valence-electron chi connectivity index (χ4n) is 9.11. The molecular weight excluding hydrogens is 1940 g/mol. The number of alkyl carbamates (subject to hydrolysis) is 2. The average molecular weight is 2040 g/mol. The van der Waals surface area contributed by atoms with Gasteiger partial charge in [0.05, 0.1) is 68.5 Å². The van der Waals surface area contributed by atoms with Crippen LogP contribution >= 0.6 is 126 Å². The van der Waals surface area contributed by atoms with Crippen LogP contribution in [0, 0.1) is 37.3 Å². The molecule has 0 atom stereocenters. The molecule has 0 saturated carbocycles. The number of rotatable bonds is 9. The summed E-state index contributed by atoms with van der Waals surface area (Å²) >= 11 is 12.3. The first-order valence-corrected chi connectivity index (χ1v) is 44.5. The lowest BCUT2D eigenvalue weighted by molar-refractivity contribution is -0.156. The van der Waals surface area contributed by atoms with Crippen molar-refractivity contribution in [2.45, 2.75) is 249 Å². The number of nitrogens with zero attached hydrogens (tertiary/aromatic N) is 15. The summed E-state index contributed by atoms with van der Waals surface area (Å²) in [7, 11) is 0. The molecule has 0 bridgehead atoms. The molecule has 0 aromatic carbocycles. The van der Waals surface area contributed by atoms with E-state index in [0.29, 0.717) is 90.5 Å². The third kappa shape index (κ3) is 30.2. The molecule has 8 aromatic rings. The van der Waals surface area contributed by atoms with Crippen molar-refractivity contribution in [3.8, 4) is 0 Å². The van der Waals surface area contributed by atoms with Crippen LogP contribution in [0.1, 0.15) is 229 Å². The summed E-state index contributed by atoms with van der Waals surface area (Å²) in [6, 6.07) is 0. The first kappa shape index (κ1) is 102. The summed E-state index contributed by atoms with van der Waals surface area (Å²) in [4.78, 5) is 157. The molecule has 0 aliphatic carbocycles. The Balaban J connectivity index is 0.000000228. The second-order valence-electron chi connectivity index (χ2n) is 36.2. The number of nitrogens with one attached hydrogen (secondary N) is 7. The molecule has 4 aliphatic heterocycles. The van der Waals surface area contributed by atoms with Gasteiger partial charge in [0.1, 0.15) is 63.3 Å². The number of esters is 2. The van der Waals surface area contributed by atoms with Crippen LogP contribution in [0.4, 0.5) is 46.2 Å².